The summed E-state index contributed by atoms with van der Waals surface area (Å²) in [6.45, 7) is 4.74. The molecule has 5 nitrogen and oxygen atoms in total. The van der Waals surface area contributed by atoms with Crippen molar-refractivity contribution in [2.45, 2.75) is 39.3 Å². The maximum atomic E-state index is 10.5. The highest BCUT2D eigenvalue weighted by molar-refractivity contribution is 6.31. The van der Waals surface area contributed by atoms with Gasteiger partial charge in [0.2, 0.25) is 0 Å². The lowest BCUT2D eigenvalue weighted by Crippen LogP contribution is -2.10. The van der Waals surface area contributed by atoms with Crippen molar-refractivity contribution in [3.8, 4) is 5.75 Å². The number of aromatic nitrogens is 3. The molecule has 114 valence electrons. The van der Waals surface area contributed by atoms with Crippen molar-refractivity contribution in [1.82, 2.24) is 14.8 Å². The van der Waals surface area contributed by atoms with Crippen LogP contribution in [0.4, 0.5) is 0 Å². The van der Waals surface area contributed by atoms with Gasteiger partial charge >= 0.3 is 0 Å². The van der Waals surface area contributed by atoms with Crippen LogP contribution in [-0.2, 0) is 19.4 Å². The second kappa shape index (κ2) is 6.91. The molecule has 0 bridgehead atoms. The summed E-state index contributed by atoms with van der Waals surface area (Å²) in [5.41, 5.74) is 2.41. The van der Waals surface area contributed by atoms with Crippen LogP contribution in [0, 0.1) is 0 Å². The van der Waals surface area contributed by atoms with Gasteiger partial charge in [0.15, 0.2) is 0 Å². The number of rotatable bonds is 6. The SMILES string of the molecule is CCc1nn(CC)c(CC(O)c2ccncc2OC)c1Cl. The summed E-state index contributed by atoms with van der Waals surface area (Å²) >= 11 is 6.38. The fourth-order valence-electron chi connectivity index (χ4n) is 2.34. The van der Waals surface area contributed by atoms with Gasteiger partial charge in [0.25, 0.3) is 0 Å². The minimum absolute atomic E-state index is 0.389. The molecule has 0 aliphatic rings. The third kappa shape index (κ3) is 3.19. The van der Waals surface area contributed by atoms with Gasteiger partial charge in [-0.2, -0.15) is 5.10 Å². The van der Waals surface area contributed by atoms with Gasteiger partial charge < -0.3 is 9.84 Å². The van der Waals surface area contributed by atoms with E-state index in [-0.39, 0.29) is 0 Å². The zero-order valence-electron chi connectivity index (χ0n) is 12.5. The van der Waals surface area contributed by atoms with Crippen molar-refractivity contribution < 1.29 is 9.84 Å². The van der Waals surface area contributed by atoms with E-state index in [9.17, 15) is 5.11 Å². The third-order valence-electron chi connectivity index (χ3n) is 3.48. The number of aliphatic hydroxyl groups is 1. The predicted molar refractivity (Wildman–Crippen MR) is 81.7 cm³/mol. The Kier molecular flexibility index (Phi) is 5.20. The highest BCUT2D eigenvalue weighted by Crippen LogP contribution is 2.30. The maximum Gasteiger partial charge on any atom is 0.142 e. The first-order valence-electron chi connectivity index (χ1n) is 7.02. The fraction of sp³-hybridized carbons (Fsp3) is 0.467. The van der Waals surface area contributed by atoms with E-state index in [2.05, 4.69) is 10.1 Å². The molecular formula is C15H20ClN3O2. The number of aryl methyl sites for hydroxylation is 2. The molecule has 2 heterocycles. The van der Waals surface area contributed by atoms with E-state index in [1.807, 2.05) is 18.5 Å². The Labute approximate surface area is 129 Å². The van der Waals surface area contributed by atoms with Crippen LogP contribution in [0.25, 0.3) is 0 Å². The van der Waals surface area contributed by atoms with E-state index in [0.717, 1.165) is 24.4 Å². The first-order valence-corrected chi connectivity index (χ1v) is 7.40. The molecule has 0 spiro atoms. The van der Waals surface area contributed by atoms with Crippen molar-refractivity contribution in [3.05, 3.63) is 40.4 Å². The van der Waals surface area contributed by atoms with Gasteiger partial charge in [-0.15, -0.1) is 0 Å². The Bertz CT molecular complexity index is 613. The number of hydrogen-bond donors (Lipinski definition) is 1. The van der Waals surface area contributed by atoms with E-state index in [4.69, 9.17) is 16.3 Å². The Morgan fingerprint density at radius 3 is 2.81 bits per heavy atom. The van der Waals surface area contributed by atoms with E-state index in [1.165, 1.54) is 0 Å². The largest absolute Gasteiger partial charge is 0.495 e. The molecular weight excluding hydrogens is 290 g/mol. The molecule has 1 atom stereocenters. The number of halogens is 1. The van der Waals surface area contributed by atoms with Gasteiger partial charge in [0.05, 0.1) is 35.8 Å². The standard InChI is InChI=1S/C15H20ClN3O2/c1-4-11-15(16)12(19(5-2)18-11)8-13(20)10-6-7-17-9-14(10)21-3/h6-7,9,13,20H,4-5,8H2,1-3H3. The topological polar surface area (TPSA) is 60.2 Å². The van der Waals surface area contributed by atoms with Crippen LogP contribution >= 0.6 is 11.6 Å². The molecule has 0 saturated heterocycles. The minimum Gasteiger partial charge on any atom is -0.495 e. The van der Waals surface area contributed by atoms with Crippen molar-refractivity contribution in [2.75, 3.05) is 7.11 Å². The van der Waals surface area contributed by atoms with Crippen LogP contribution in [-0.4, -0.2) is 27.0 Å². The van der Waals surface area contributed by atoms with Crippen molar-refractivity contribution >= 4 is 11.6 Å². The fourth-order valence-corrected chi connectivity index (χ4v) is 2.69. The summed E-state index contributed by atoms with van der Waals surface area (Å²) in [6, 6.07) is 1.75. The van der Waals surface area contributed by atoms with Gasteiger partial charge in [-0.3, -0.25) is 9.67 Å². The number of nitrogens with zero attached hydrogens (tertiary/aromatic N) is 3. The molecule has 2 rings (SSSR count). The molecule has 0 aliphatic carbocycles. The maximum absolute atomic E-state index is 10.5. The van der Waals surface area contributed by atoms with Crippen LogP contribution in [0.5, 0.6) is 5.75 Å². The number of ether oxygens (including phenoxy) is 1. The van der Waals surface area contributed by atoms with Gasteiger partial charge in [0.1, 0.15) is 5.75 Å². The molecule has 0 saturated carbocycles. The van der Waals surface area contributed by atoms with E-state index in [0.29, 0.717) is 22.8 Å². The Morgan fingerprint density at radius 1 is 1.43 bits per heavy atom. The third-order valence-corrected chi connectivity index (χ3v) is 3.91. The summed E-state index contributed by atoms with van der Waals surface area (Å²) < 4.78 is 7.08. The first kappa shape index (κ1) is 15.8. The number of methoxy groups -OCH3 is 1. The van der Waals surface area contributed by atoms with Gasteiger partial charge in [-0.05, 0) is 19.4 Å². The first-order chi connectivity index (χ1) is 10.1. The Hall–Kier alpha value is -1.59. The summed E-state index contributed by atoms with van der Waals surface area (Å²) in [4.78, 5) is 3.99. The van der Waals surface area contributed by atoms with Crippen LogP contribution in [0.1, 0.15) is 36.9 Å². The van der Waals surface area contributed by atoms with Crippen LogP contribution < -0.4 is 4.74 Å². The molecule has 0 radical (unpaired) electrons. The summed E-state index contributed by atoms with van der Waals surface area (Å²) in [7, 11) is 1.56. The second-order valence-electron chi connectivity index (χ2n) is 4.71. The molecule has 0 fully saturated rings. The van der Waals surface area contributed by atoms with Crippen LogP contribution in [0.3, 0.4) is 0 Å². The second-order valence-corrected chi connectivity index (χ2v) is 5.09. The lowest BCUT2D eigenvalue weighted by Gasteiger charge is -2.15. The molecule has 1 unspecified atom stereocenters. The molecule has 1 N–H and O–H groups in total. The van der Waals surface area contributed by atoms with Crippen LogP contribution in [0.15, 0.2) is 18.5 Å². The van der Waals surface area contributed by atoms with E-state index in [1.54, 1.807) is 25.6 Å². The summed E-state index contributed by atoms with van der Waals surface area (Å²) in [6.07, 6.45) is 3.67. The highest BCUT2D eigenvalue weighted by atomic mass is 35.5. The lowest BCUT2D eigenvalue weighted by molar-refractivity contribution is 0.171. The normalized spacial score (nSPS) is 12.4. The zero-order chi connectivity index (χ0) is 15.4. The van der Waals surface area contributed by atoms with E-state index >= 15 is 0 Å². The van der Waals surface area contributed by atoms with E-state index < -0.39 is 6.10 Å². The smallest absolute Gasteiger partial charge is 0.142 e. The van der Waals surface area contributed by atoms with Crippen molar-refractivity contribution in [3.63, 3.8) is 0 Å². The lowest BCUT2D eigenvalue weighted by atomic mass is 10.0. The number of aliphatic hydroxyl groups excluding tert-OH is 1. The average molecular weight is 310 g/mol. The molecule has 21 heavy (non-hydrogen) atoms. The Balaban J connectivity index is 2.31. The highest BCUT2D eigenvalue weighted by Gasteiger charge is 2.20. The summed E-state index contributed by atoms with van der Waals surface area (Å²) in [5, 5.41) is 15.6. The number of pyridine rings is 1. The van der Waals surface area contributed by atoms with Crippen molar-refractivity contribution in [1.29, 1.82) is 0 Å². The van der Waals surface area contributed by atoms with Crippen LogP contribution in [0.2, 0.25) is 5.02 Å². The van der Waals surface area contributed by atoms with Gasteiger partial charge in [0, 0.05) is 24.7 Å². The molecule has 0 aromatic carbocycles. The molecule has 2 aromatic heterocycles. The summed E-state index contributed by atoms with van der Waals surface area (Å²) in [5.74, 6) is 0.569. The van der Waals surface area contributed by atoms with Gasteiger partial charge in [-0.25, -0.2) is 0 Å². The average Bonchev–Trinajstić information content (AvgIpc) is 2.83. The minimum atomic E-state index is -0.716. The van der Waals surface area contributed by atoms with Gasteiger partial charge in [-0.1, -0.05) is 18.5 Å². The van der Waals surface area contributed by atoms with Crippen molar-refractivity contribution in [2.24, 2.45) is 0 Å². The molecule has 2 aromatic rings. The molecule has 0 aliphatic heterocycles. The molecule has 0 amide bonds. The Morgan fingerprint density at radius 2 is 2.19 bits per heavy atom. The zero-order valence-corrected chi connectivity index (χ0v) is 13.3. The predicted octanol–water partition coefficient (Wildman–Crippen LogP) is 2.80. The monoisotopic (exact) mass is 309 g/mol. The quantitative estimate of drug-likeness (QED) is 0.891. The number of hydrogen-bond acceptors (Lipinski definition) is 4. The molecule has 6 heteroatoms.